The second-order valence-corrected chi connectivity index (χ2v) is 13.2. The summed E-state index contributed by atoms with van der Waals surface area (Å²) in [5.41, 5.74) is 1.40. The monoisotopic (exact) mass is 588 g/mol. The SMILES string of the molecule is Cc1cc([C@@]2(O)c3cc(Br)ccc3-c3ccc(Br)cc3[C@]2(O)c2cc(C)sc2C)c(C)s1. The molecule has 0 unspecified atom stereocenters. The molecule has 0 bridgehead atoms. The number of fused-ring (bicyclic) bond motifs is 3. The molecule has 0 amide bonds. The van der Waals surface area contributed by atoms with Gasteiger partial charge in [-0.3, -0.25) is 0 Å². The third-order valence-corrected chi connectivity index (χ3v) is 9.34. The zero-order chi connectivity index (χ0) is 23.0. The summed E-state index contributed by atoms with van der Waals surface area (Å²) in [5, 5.41) is 25.8. The summed E-state index contributed by atoms with van der Waals surface area (Å²) in [6, 6.07) is 16.0. The second kappa shape index (κ2) is 7.62. The van der Waals surface area contributed by atoms with E-state index in [1.54, 1.807) is 22.7 Å². The van der Waals surface area contributed by atoms with E-state index in [2.05, 4.69) is 31.9 Å². The number of aryl methyl sites for hydroxylation is 4. The number of halogens is 2. The van der Waals surface area contributed by atoms with Gasteiger partial charge in [0.1, 0.15) is 0 Å². The van der Waals surface area contributed by atoms with E-state index in [4.69, 9.17) is 0 Å². The van der Waals surface area contributed by atoms with Gasteiger partial charge in [-0.25, -0.2) is 0 Å². The average Bonchev–Trinajstić information content (AvgIpc) is 3.26. The largest absolute Gasteiger partial charge is 0.377 e. The molecule has 0 saturated heterocycles. The molecular weight excluding hydrogens is 568 g/mol. The van der Waals surface area contributed by atoms with Gasteiger partial charge in [-0.1, -0.05) is 44.0 Å². The molecule has 2 atom stereocenters. The normalized spacial score (nSPS) is 22.0. The van der Waals surface area contributed by atoms with Gasteiger partial charge in [0.2, 0.25) is 0 Å². The molecule has 5 rings (SSSR count). The maximum atomic E-state index is 12.9. The van der Waals surface area contributed by atoms with Gasteiger partial charge in [0.05, 0.1) is 0 Å². The summed E-state index contributed by atoms with van der Waals surface area (Å²) in [5.74, 6) is 0. The van der Waals surface area contributed by atoms with Crippen LogP contribution >= 0.6 is 54.5 Å². The van der Waals surface area contributed by atoms with Crippen LogP contribution in [0.1, 0.15) is 41.8 Å². The molecular formula is C26H22Br2O2S2. The van der Waals surface area contributed by atoms with E-state index in [9.17, 15) is 10.2 Å². The number of hydrogen-bond acceptors (Lipinski definition) is 4. The predicted octanol–water partition coefficient (Wildman–Crippen LogP) is 7.72. The van der Waals surface area contributed by atoms with Crippen LogP contribution in [0.2, 0.25) is 0 Å². The molecule has 0 fully saturated rings. The molecule has 2 nitrogen and oxygen atoms in total. The highest BCUT2D eigenvalue weighted by Crippen LogP contribution is 2.60. The molecule has 1 aliphatic rings. The minimum Gasteiger partial charge on any atom is -0.377 e. The smallest absolute Gasteiger partial charge is 0.153 e. The Hall–Kier alpha value is -1.28. The molecule has 2 aromatic carbocycles. The van der Waals surface area contributed by atoms with Crippen molar-refractivity contribution in [1.29, 1.82) is 0 Å². The third kappa shape index (κ3) is 3.00. The Morgan fingerprint density at radius 3 is 1.28 bits per heavy atom. The molecule has 1 aliphatic carbocycles. The molecule has 32 heavy (non-hydrogen) atoms. The number of hydrogen-bond donors (Lipinski definition) is 2. The average molecular weight is 590 g/mol. The summed E-state index contributed by atoms with van der Waals surface area (Å²) in [4.78, 5) is 4.20. The van der Waals surface area contributed by atoms with E-state index in [0.717, 1.165) is 50.7 Å². The van der Waals surface area contributed by atoms with Crippen molar-refractivity contribution < 1.29 is 10.2 Å². The molecule has 4 aromatic rings. The maximum absolute atomic E-state index is 12.9. The Kier molecular flexibility index (Phi) is 5.36. The summed E-state index contributed by atoms with van der Waals surface area (Å²) in [6.07, 6.45) is 0. The van der Waals surface area contributed by atoms with Crippen molar-refractivity contribution >= 4 is 54.5 Å². The van der Waals surface area contributed by atoms with Gasteiger partial charge in [0.25, 0.3) is 0 Å². The van der Waals surface area contributed by atoms with E-state index < -0.39 is 11.2 Å². The highest BCUT2D eigenvalue weighted by Gasteiger charge is 2.60. The fraction of sp³-hybridized carbons (Fsp3) is 0.231. The highest BCUT2D eigenvalue weighted by atomic mass is 79.9. The lowest BCUT2D eigenvalue weighted by atomic mass is 9.60. The Labute approximate surface area is 212 Å². The number of thiophene rings is 2. The predicted molar refractivity (Wildman–Crippen MR) is 141 cm³/mol. The first-order valence-electron chi connectivity index (χ1n) is 10.3. The van der Waals surface area contributed by atoms with Crippen LogP contribution in [-0.4, -0.2) is 10.2 Å². The van der Waals surface area contributed by atoms with E-state index >= 15 is 0 Å². The minimum atomic E-state index is -1.67. The zero-order valence-corrected chi connectivity index (χ0v) is 22.9. The number of rotatable bonds is 2. The summed E-state index contributed by atoms with van der Waals surface area (Å²) >= 11 is 10.5. The molecule has 6 heteroatoms. The van der Waals surface area contributed by atoms with Crippen molar-refractivity contribution in [1.82, 2.24) is 0 Å². The lowest BCUT2D eigenvalue weighted by molar-refractivity contribution is -0.114. The minimum absolute atomic E-state index is 0.702. The Morgan fingerprint density at radius 1 is 0.594 bits per heavy atom. The lowest BCUT2D eigenvalue weighted by Crippen LogP contribution is -2.53. The molecule has 164 valence electrons. The number of aliphatic hydroxyl groups is 2. The highest BCUT2D eigenvalue weighted by molar-refractivity contribution is 9.10. The topological polar surface area (TPSA) is 40.5 Å². The Morgan fingerprint density at radius 2 is 0.969 bits per heavy atom. The van der Waals surface area contributed by atoms with Crippen molar-refractivity contribution in [2.24, 2.45) is 0 Å². The Bertz CT molecular complexity index is 1280. The van der Waals surface area contributed by atoms with Crippen molar-refractivity contribution in [2.45, 2.75) is 38.9 Å². The molecule has 2 heterocycles. The van der Waals surface area contributed by atoms with E-state index in [1.165, 1.54) is 0 Å². The van der Waals surface area contributed by atoms with Crippen molar-refractivity contribution in [2.75, 3.05) is 0 Å². The van der Waals surface area contributed by atoms with Crippen molar-refractivity contribution in [3.05, 3.63) is 99.2 Å². The molecule has 0 spiro atoms. The second-order valence-electron chi connectivity index (χ2n) is 8.45. The van der Waals surface area contributed by atoms with Crippen LogP contribution in [0.25, 0.3) is 11.1 Å². The molecule has 0 saturated carbocycles. The van der Waals surface area contributed by atoms with Gasteiger partial charge in [0, 0.05) is 50.7 Å². The first-order valence-corrected chi connectivity index (χ1v) is 13.5. The van der Waals surface area contributed by atoms with Crippen molar-refractivity contribution in [3.8, 4) is 11.1 Å². The summed E-state index contributed by atoms with van der Waals surface area (Å²) in [6.45, 7) is 8.12. The fourth-order valence-corrected chi connectivity index (χ4v) is 7.83. The van der Waals surface area contributed by atoms with Crippen LogP contribution in [0.4, 0.5) is 0 Å². The summed E-state index contributed by atoms with van der Waals surface area (Å²) < 4.78 is 1.72. The van der Waals surface area contributed by atoms with Crippen LogP contribution in [0.5, 0.6) is 0 Å². The van der Waals surface area contributed by atoms with Crippen LogP contribution in [0, 0.1) is 27.7 Å². The van der Waals surface area contributed by atoms with Gasteiger partial charge >= 0.3 is 0 Å². The zero-order valence-electron chi connectivity index (χ0n) is 18.1. The van der Waals surface area contributed by atoms with Gasteiger partial charge in [0.15, 0.2) is 11.2 Å². The first-order chi connectivity index (χ1) is 15.1. The third-order valence-electron chi connectivity index (χ3n) is 6.42. The van der Waals surface area contributed by atoms with Crippen LogP contribution in [-0.2, 0) is 11.2 Å². The standard InChI is InChI=1S/C26H22Br2O2S2/c1-13-9-21(15(3)31-13)25(29)23-11-17(27)5-7-19(23)20-8-6-18(28)12-24(20)26(25,30)22-10-14(2)32-16(22)4/h5-12,29-30H,1-4H3/t25-,26-/m1/s1. The van der Waals surface area contributed by atoms with Gasteiger partial charge in [-0.15, -0.1) is 22.7 Å². The molecule has 0 aliphatic heterocycles. The fourth-order valence-electron chi connectivity index (χ4n) is 5.15. The van der Waals surface area contributed by atoms with Crippen molar-refractivity contribution in [3.63, 3.8) is 0 Å². The summed E-state index contributed by atoms with van der Waals surface area (Å²) in [7, 11) is 0. The molecule has 2 aromatic heterocycles. The van der Waals surface area contributed by atoms with Crippen LogP contribution in [0.3, 0.4) is 0 Å². The van der Waals surface area contributed by atoms with Crippen LogP contribution < -0.4 is 0 Å². The first kappa shape index (κ1) is 22.5. The quantitative estimate of drug-likeness (QED) is 0.251. The molecule has 0 radical (unpaired) electrons. The van der Waals surface area contributed by atoms with E-state index in [0.29, 0.717) is 11.1 Å². The van der Waals surface area contributed by atoms with Gasteiger partial charge in [-0.05, 0) is 75.2 Å². The van der Waals surface area contributed by atoms with Gasteiger partial charge in [-0.2, -0.15) is 0 Å². The lowest BCUT2D eigenvalue weighted by Gasteiger charge is -2.49. The molecule has 2 N–H and O–H groups in total. The van der Waals surface area contributed by atoms with E-state index in [1.807, 2.05) is 76.2 Å². The van der Waals surface area contributed by atoms with Gasteiger partial charge < -0.3 is 10.2 Å². The number of benzene rings is 2. The maximum Gasteiger partial charge on any atom is 0.153 e. The Balaban J connectivity index is 2.02. The van der Waals surface area contributed by atoms with E-state index in [-0.39, 0.29) is 0 Å². The van der Waals surface area contributed by atoms with Crippen LogP contribution in [0.15, 0.2) is 57.5 Å².